The van der Waals surface area contributed by atoms with Crippen LogP contribution in [0.1, 0.15) is 23.4 Å². The minimum absolute atomic E-state index is 0.122. The zero-order valence-electron chi connectivity index (χ0n) is 13.3. The summed E-state index contributed by atoms with van der Waals surface area (Å²) in [5.41, 5.74) is 3.05. The van der Waals surface area contributed by atoms with Crippen LogP contribution < -0.4 is 0 Å². The Kier molecular flexibility index (Phi) is 5.35. The van der Waals surface area contributed by atoms with Gasteiger partial charge in [0.15, 0.2) is 0 Å². The van der Waals surface area contributed by atoms with Crippen LogP contribution in [0.15, 0.2) is 29.2 Å². The second-order valence-corrected chi connectivity index (χ2v) is 6.53. The van der Waals surface area contributed by atoms with Gasteiger partial charge in [-0.05, 0) is 42.2 Å². The zero-order valence-corrected chi connectivity index (χ0v) is 14.1. The molecule has 6 heteroatoms. The van der Waals surface area contributed by atoms with Crippen LogP contribution in [-0.4, -0.2) is 46.6 Å². The molecule has 1 saturated heterocycles. The van der Waals surface area contributed by atoms with Crippen molar-refractivity contribution in [2.75, 3.05) is 19.8 Å². The van der Waals surface area contributed by atoms with Crippen LogP contribution in [0.3, 0.4) is 0 Å². The quantitative estimate of drug-likeness (QED) is 0.843. The molecule has 23 heavy (non-hydrogen) atoms. The molecule has 0 aliphatic carbocycles. The van der Waals surface area contributed by atoms with E-state index in [0.717, 1.165) is 29.8 Å². The molecule has 0 aromatic carbocycles. The zero-order chi connectivity index (χ0) is 16.1. The molecule has 1 aliphatic heterocycles. The molecule has 1 aliphatic rings. The highest BCUT2D eigenvalue weighted by Gasteiger charge is 2.27. The van der Waals surface area contributed by atoms with Gasteiger partial charge in [-0.3, -0.25) is 14.8 Å². The summed E-state index contributed by atoms with van der Waals surface area (Å²) >= 11 is 1.63. The molecule has 3 heterocycles. The van der Waals surface area contributed by atoms with Gasteiger partial charge >= 0.3 is 0 Å². The molecule has 122 valence electrons. The molecule has 1 unspecified atom stereocenters. The molecule has 0 radical (unpaired) electrons. The lowest BCUT2D eigenvalue weighted by Gasteiger charge is -2.35. The first-order valence-corrected chi connectivity index (χ1v) is 8.83. The summed E-state index contributed by atoms with van der Waals surface area (Å²) in [6.07, 6.45) is 5.58. The van der Waals surface area contributed by atoms with E-state index >= 15 is 0 Å². The van der Waals surface area contributed by atoms with Crippen molar-refractivity contribution in [1.29, 1.82) is 0 Å². The molecule has 0 N–H and O–H groups in total. The molecular formula is C17H21N3O2S. The van der Waals surface area contributed by atoms with Gasteiger partial charge in [-0.25, -0.2) is 0 Å². The number of carbonyl (C=O) groups excluding carboxylic acids is 1. The Morgan fingerprint density at radius 1 is 1.43 bits per heavy atom. The van der Waals surface area contributed by atoms with Gasteiger partial charge < -0.3 is 9.64 Å². The smallest absolute Gasteiger partial charge is 0.227 e. The normalized spacial score (nSPS) is 18.1. The summed E-state index contributed by atoms with van der Waals surface area (Å²) in [6.45, 7) is 3.87. The summed E-state index contributed by atoms with van der Waals surface area (Å²) in [5, 5.41) is 4.05. The number of hydrogen-bond donors (Lipinski definition) is 0. The van der Waals surface area contributed by atoms with Gasteiger partial charge in [-0.1, -0.05) is 0 Å². The van der Waals surface area contributed by atoms with E-state index in [4.69, 9.17) is 4.74 Å². The van der Waals surface area contributed by atoms with Crippen molar-refractivity contribution in [1.82, 2.24) is 14.9 Å². The highest BCUT2D eigenvalue weighted by Crippen LogP contribution is 2.17. The maximum Gasteiger partial charge on any atom is 0.227 e. The third-order valence-electron chi connectivity index (χ3n) is 4.18. The molecule has 0 bridgehead atoms. The number of aryl methyl sites for hydroxylation is 2. The molecule has 2 aromatic heterocycles. The Morgan fingerprint density at radius 3 is 3.09 bits per heavy atom. The largest absolute Gasteiger partial charge is 0.377 e. The van der Waals surface area contributed by atoms with E-state index in [-0.39, 0.29) is 11.9 Å². The van der Waals surface area contributed by atoms with Crippen LogP contribution in [0.5, 0.6) is 0 Å². The number of thiophene rings is 1. The highest BCUT2D eigenvalue weighted by atomic mass is 32.1. The predicted octanol–water partition coefficient (Wildman–Crippen LogP) is 2.25. The molecule has 1 fully saturated rings. The number of morpholine rings is 1. The number of ether oxygens (including phenoxy) is 1. The molecule has 1 atom stereocenters. The summed E-state index contributed by atoms with van der Waals surface area (Å²) in [6, 6.07) is 2.14. The van der Waals surface area contributed by atoms with Crippen LogP contribution >= 0.6 is 11.3 Å². The van der Waals surface area contributed by atoms with Crippen molar-refractivity contribution in [3.8, 4) is 0 Å². The Bertz CT molecular complexity index is 645. The average Bonchev–Trinajstić information content (AvgIpc) is 3.07. The predicted molar refractivity (Wildman–Crippen MR) is 89.4 cm³/mol. The summed E-state index contributed by atoms with van der Waals surface area (Å²) in [5.74, 6) is 0.188. The van der Waals surface area contributed by atoms with Crippen molar-refractivity contribution in [2.45, 2.75) is 32.2 Å². The van der Waals surface area contributed by atoms with Crippen LogP contribution in [0.25, 0.3) is 0 Å². The monoisotopic (exact) mass is 331 g/mol. The fourth-order valence-corrected chi connectivity index (χ4v) is 3.55. The third-order valence-corrected chi connectivity index (χ3v) is 4.91. The SMILES string of the molecule is Cc1nccnc1CCC1COCCN1C(=O)Cc1ccsc1. The Balaban J connectivity index is 1.62. The minimum Gasteiger partial charge on any atom is -0.377 e. The lowest BCUT2D eigenvalue weighted by Crippen LogP contribution is -2.49. The van der Waals surface area contributed by atoms with E-state index in [2.05, 4.69) is 9.97 Å². The fourth-order valence-electron chi connectivity index (χ4n) is 2.88. The lowest BCUT2D eigenvalue weighted by molar-refractivity contribution is -0.139. The number of aromatic nitrogens is 2. The Morgan fingerprint density at radius 2 is 2.30 bits per heavy atom. The second-order valence-electron chi connectivity index (χ2n) is 5.75. The van der Waals surface area contributed by atoms with E-state index in [9.17, 15) is 4.79 Å². The fraction of sp³-hybridized carbons (Fsp3) is 0.471. The van der Waals surface area contributed by atoms with E-state index in [0.29, 0.717) is 26.2 Å². The topological polar surface area (TPSA) is 55.3 Å². The summed E-state index contributed by atoms with van der Waals surface area (Å²) in [7, 11) is 0. The van der Waals surface area contributed by atoms with Gasteiger partial charge in [0.25, 0.3) is 0 Å². The Hall–Kier alpha value is -1.79. The molecule has 3 rings (SSSR count). The summed E-state index contributed by atoms with van der Waals surface area (Å²) in [4.78, 5) is 23.2. The number of hydrogen-bond acceptors (Lipinski definition) is 5. The second kappa shape index (κ2) is 7.66. The standard InChI is InChI=1S/C17H21N3O2S/c1-13-16(19-6-5-18-13)3-2-15-11-22-8-7-20(15)17(21)10-14-4-9-23-12-14/h4-6,9,12,15H,2-3,7-8,10-11H2,1H3. The molecule has 0 spiro atoms. The van der Waals surface area contributed by atoms with Gasteiger partial charge in [0.2, 0.25) is 5.91 Å². The van der Waals surface area contributed by atoms with Crippen molar-refractivity contribution in [3.63, 3.8) is 0 Å². The third kappa shape index (κ3) is 4.14. The van der Waals surface area contributed by atoms with E-state index in [1.54, 1.807) is 23.7 Å². The van der Waals surface area contributed by atoms with Crippen LogP contribution in [0, 0.1) is 6.92 Å². The number of nitrogens with zero attached hydrogens (tertiary/aromatic N) is 3. The minimum atomic E-state index is 0.122. The van der Waals surface area contributed by atoms with Crippen molar-refractivity contribution in [3.05, 3.63) is 46.2 Å². The van der Waals surface area contributed by atoms with Crippen LogP contribution in [-0.2, 0) is 22.4 Å². The first kappa shape index (κ1) is 16.1. The van der Waals surface area contributed by atoms with Crippen molar-refractivity contribution in [2.24, 2.45) is 0 Å². The van der Waals surface area contributed by atoms with E-state index in [1.165, 1.54) is 0 Å². The highest BCUT2D eigenvalue weighted by molar-refractivity contribution is 7.07. The maximum atomic E-state index is 12.6. The van der Waals surface area contributed by atoms with Gasteiger partial charge in [-0.2, -0.15) is 11.3 Å². The molecule has 5 nitrogen and oxygen atoms in total. The molecule has 1 amide bonds. The number of rotatable bonds is 5. The van der Waals surface area contributed by atoms with E-state index < -0.39 is 0 Å². The first-order chi connectivity index (χ1) is 11.2. The average molecular weight is 331 g/mol. The van der Waals surface area contributed by atoms with Gasteiger partial charge in [-0.15, -0.1) is 0 Å². The first-order valence-electron chi connectivity index (χ1n) is 7.89. The van der Waals surface area contributed by atoms with Crippen molar-refractivity contribution >= 4 is 17.2 Å². The molecule has 0 saturated carbocycles. The summed E-state index contributed by atoms with van der Waals surface area (Å²) < 4.78 is 5.59. The maximum absolute atomic E-state index is 12.6. The number of carbonyl (C=O) groups is 1. The van der Waals surface area contributed by atoms with Crippen LogP contribution in [0.4, 0.5) is 0 Å². The van der Waals surface area contributed by atoms with Gasteiger partial charge in [0.1, 0.15) is 0 Å². The number of amides is 1. The Labute approximate surface area is 140 Å². The lowest BCUT2D eigenvalue weighted by atomic mass is 10.1. The van der Waals surface area contributed by atoms with Gasteiger partial charge in [0.05, 0.1) is 37.1 Å². The van der Waals surface area contributed by atoms with Crippen LogP contribution in [0.2, 0.25) is 0 Å². The molecule has 2 aromatic rings. The van der Waals surface area contributed by atoms with E-state index in [1.807, 2.05) is 28.7 Å². The van der Waals surface area contributed by atoms with Crippen molar-refractivity contribution < 1.29 is 9.53 Å². The van der Waals surface area contributed by atoms with Gasteiger partial charge in [0, 0.05) is 18.9 Å². The molecular weight excluding hydrogens is 310 g/mol.